The number of nitriles is 1. The zero-order valence-electron chi connectivity index (χ0n) is 22.6. The molecule has 6 rings (SSSR count). The Hall–Kier alpha value is -3.65. The molecule has 1 aliphatic heterocycles. The molecule has 0 unspecified atom stereocenters. The number of sulfone groups is 1. The summed E-state index contributed by atoms with van der Waals surface area (Å²) in [5.74, 6) is -1.77. The number of carbonyl (C=O) groups is 1. The summed E-state index contributed by atoms with van der Waals surface area (Å²) >= 11 is 0. The summed E-state index contributed by atoms with van der Waals surface area (Å²) in [7, 11) is -3.01. The Kier molecular flexibility index (Phi) is 7.14. The quantitative estimate of drug-likeness (QED) is 0.363. The summed E-state index contributed by atoms with van der Waals surface area (Å²) < 4.78 is 53.8. The van der Waals surface area contributed by atoms with Crippen LogP contribution < -0.4 is 4.90 Å². The van der Waals surface area contributed by atoms with Crippen molar-refractivity contribution in [3.05, 3.63) is 60.2 Å². The lowest BCUT2D eigenvalue weighted by atomic mass is 9.72. The maximum Gasteiger partial charge on any atom is 0.238 e. The number of benzene rings is 1. The molecular weight excluding hydrogens is 548 g/mol. The normalized spacial score (nSPS) is 23.1. The van der Waals surface area contributed by atoms with E-state index in [9.17, 15) is 27.3 Å². The average Bonchev–Trinajstić information content (AvgIpc) is 3.61. The van der Waals surface area contributed by atoms with Crippen LogP contribution in [-0.2, 0) is 14.6 Å². The van der Waals surface area contributed by atoms with Crippen molar-refractivity contribution in [1.29, 1.82) is 5.26 Å². The van der Waals surface area contributed by atoms with E-state index in [1.807, 2.05) is 29.2 Å². The molecule has 0 amide bonds. The predicted molar refractivity (Wildman–Crippen MR) is 149 cm³/mol. The van der Waals surface area contributed by atoms with Gasteiger partial charge in [0.05, 0.1) is 34.9 Å². The van der Waals surface area contributed by atoms with Crippen LogP contribution in [-0.4, -0.2) is 53.6 Å². The number of halogens is 2. The monoisotopic (exact) mass is 579 g/mol. The van der Waals surface area contributed by atoms with Crippen LogP contribution in [0.15, 0.2) is 42.7 Å². The number of pyridine rings is 1. The van der Waals surface area contributed by atoms with Crippen LogP contribution in [0.25, 0.3) is 16.8 Å². The minimum absolute atomic E-state index is 0.0725. The number of rotatable bonds is 7. The van der Waals surface area contributed by atoms with Gasteiger partial charge in [-0.2, -0.15) is 14.8 Å². The van der Waals surface area contributed by atoms with Crippen molar-refractivity contribution >= 4 is 21.3 Å². The van der Waals surface area contributed by atoms with Crippen molar-refractivity contribution in [2.75, 3.05) is 29.5 Å². The third-order valence-corrected chi connectivity index (χ3v) is 10.4. The van der Waals surface area contributed by atoms with Gasteiger partial charge in [-0.15, -0.1) is 0 Å². The highest BCUT2D eigenvalue weighted by molar-refractivity contribution is 7.91. The highest BCUT2D eigenvalue weighted by atomic mass is 32.2. The predicted octanol–water partition coefficient (Wildman–Crippen LogP) is 4.98. The van der Waals surface area contributed by atoms with Crippen LogP contribution in [0.5, 0.6) is 0 Å². The molecule has 0 bridgehead atoms. The van der Waals surface area contributed by atoms with Crippen LogP contribution in [0, 0.1) is 34.4 Å². The number of hydrogen-bond acceptors (Lipinski definition) is 7. The Bertz CT molecular complexity index is 1610. The van der Waals surface area contributed by atoms with Gasteiger partial charge >= 0.3 is 0 Å². The summed E-state index contributed by atoms with van der Waals surface area (Å²) in [4.78, 5) is 19.1. The van der Waals surface area contributed by atoms with E-state index in [0.717, 1.165) is 55.6 Å². The number of carbonyl (C=O) groups excluding carboxylic acids is 1. The molecule has 3 heterocycles. The van der Waals surface area contributed by atoms with Gasteiger partial charge in [-0.3, -0.25) is 4.79 Å². The molecule has 214 valence electrons. The van der Waals surface area contributed by atoms with Gasteiger partial charge in [-0.25, -0.2) is 22.5 Å². The fourth-order valence-corrected chi connectivity index (χ4v) is 7.39. The maximum absolute atomic E-state index is 14.7. The van der Waals surface area contributed by atoms with Gasteiger partial charge in [0.1, 0.15) is 17.3 Å². The second kappa shape index (κ2) is 10.6. The van der Waals surface area contributed by atoms with Gasteiger partial charge in [0, 0.05) is 54.9 Å². The van der Waals surface area contributed by atoms with E-state index in [-0.39, 0.29) is 41.2 Å². The van der Waals surface area contributed by atoms with E-state index in [0.29, 0.717) is 30.8 Å². The average molecular weight is 580 g/mol. The second-order valence-corrected chi connectivity index (χ2v) is 13.9. The Morgan fingerprint density at radius 2 is 1.80 bits per heavy atom. The Labute approximate surface area is 237 Å². The van der Waals surface area contributed by atoms with Crippen molar-refractivity contribution in [2.24, 2.45) is 11.3 Å². The number of anilines is 1. The van der Waals surface area contributed by atoms with Gasteiger partial charge in [0.2, 0.25) is 5.95 Å². The molecule has 1 aromatic carbocycles. The first-order valence-corrected chi connectivity index (χ1v) is 15.9. The molecule has 2 saturated carbocycles. The molecule has 3 aromatic rings. The third kappa shape index (κ3) is 5.62. The van der Waals surface area contributed by atoms with Gasteiger partial charge in [0.15, 0.2) is 9.84 Å². The molecule has 3 fully saturated rings. The zero-order chi connectivity index (χ0) is 28.8. The number of aromatic nitrogens is 3. The van der Waals surface area contributed by atoms with Crippen molar-refractivity contribution in [2.45, 2.75) is 50.9 Å². The van der Waals surface area contributed by atoms with Crippen LogP contribution in [0.4, 0.5) is 14.5 Å². The van der Waals surface area contributed by atoms with Gasteiger partial charge < -0.3 is 4.90 Å². The highest BCUT2D eigenvalue weighted by Gasteiger charge is 2.47. The number of ketones is 1. The molecule has 2 aromatic heterocycles. The van der Waals surface area contributed by atoms with E-state index in [1.54, 1.807) is 6.20 Å². The lowest BCUT2D eigenvalue weighted by molar-refractivity contribution is -0.125. The molecule has 41 heavy (non-hydrogen) atoms. The Morgan fingerprint density at radius 3 is 2.49 bits per heavy atom. The fourth-order valence-electron chi connectivity index (χ4n) is 6.19. The van der Waals surface area contributed by atoms with Crippen LogP contribution in [0.2, 0.25) is 0 Å². The summed E-state index contributed by atoms with van der Waals surface area (Å²) in [6.45, 7) is 0.847. The molecule has 2 aliphatic carbocycles. The first kappa shape index (κ1) is 27.5. The molecule has 0 radical (unpaired) electrons. The van der Waals surface area contributed by atoms with Crippen molar-refractivity contribution < 1.29 is 22.0 Å². The van der Waals surface area contributed by atoms with Crippen LogP contribution in [0.3, 0.4) is 0 Å². The van der Waals surface area contributed by atoms with Crippen molar-refractivity contribution in [3.63, 3.8) is 0 Å². The lowest BCUT2D eigenvalue weighted by Crippen LogP contribution is -2.40. The first-order valence-electron chi connectivity index (χ1n) is 14.1. The zero-order valence-corrected chi connectivity index (χ0v) is 23.4. The molecule has 11 heteroatoms. The minimum Gasteiger partial charge on any atom is -0.369 e. The van der Waals surface area contributed by atoms with E-state index >= 15 is 0 Å². The van der Waals surface area contributed by atoms with Gasteiger partial charge in [0.25, 0.3) is 0 Å². The minimum atomic E-state index is -3.01. The molecule has 2 atom stereocenters. The summed E-state index contributed by atoms with van der Waals surface area (Å²) in [5.41, 5.74) is 2.40. The van der Waals surface area contributed by atoms with Crippen LogP contribution in [0.1, 0.15) is 56.6 Å². The fraction of sp³-hybridized carbons (Fsp3) is 0.467. The summed E-state index contributed by atoms with van der Waals surface area (Å²) in [6.07, 6.45) is 7.44. The summed E-state index contributed by atoms with van der Waals surface area (Å²) in [6, 6.07) is 11.0. The van der Waals surface area contributed by atoms with Crippen molar-refractivity contribution in [1.82, 2.24) is 14.8 Å². The molecule has 3 aliphatic rings. The Balaban J connectivity index is 1.37. The SMILES string of the molecule is N#CC1(CC(=O)[C@@H]2CCCC[C@H]2c2nn(-c3cc(F)cnc3F)cc2-c2ccc(N3CCS(=O)(=O)CC3)cc2)CC1. The molecule has 1 saturated heterocycles. The summed E-state index contributed by atoms with van der Waals surface area (Å²) in [5, 5.41) is 14.3. The molecule has 0 N–H and O–H groups in total. The van der Waals surface area contributed by atoms with E-state index in [2.05, 4.69) is 11.1 Å². The Morgan fingerprint density at radius 1 is 1.10 bits per heavy atom. The standard InChI is InChI=1S/C30H31F2N5O3S/c31-21-15-26(29(32)34-17-21)37-18-25(20-5-7-22(8-6-20)36-11-13-41(39,40)14-12-36)28(35-37)24-4-2-1-3-23(24)27(38)16-30(19-33)9-10-30/h5-8,15,17-18,23-24H,1-4,9-14,16H2/t23-,24-/m1/s1. The molecule has 0 spiro atoms. The number of Topliss-reactive ketones (excluding diaryl/α,β-unsaturated/α-hetero) is 1. The maximum atomic E-state index is 14.7. The molecular formula is C30H31F2N5O3S. The number of hydrogen-bond donors (Lipinski definition) is 0. The smallest absolute Gasteiger partial charge is 0.238 e. The highest BCUT2D eigenvalue weighted by Crippen LogP contribution is 2.51. The largest absolute Gasteiger partial charge is 0.369 e. The first-order chi connectivity index (χ1) is 19.7. The lowest BCUT2D eigenvalue weighted by Gasteiger charge is -2.31. The third-order valence-electron chi connectivity index (χ3n) is 8.80. The van der Waals surface area contributed by atoms with E-state index in [1.165, 1.54) is 4.68 Å². The van der Waals surface area contributed by atoms with Crippen LogP contribution >= 0.6 is 0 Å². The van der Waals surface area contributed by atoms with Gasteiger partial charge in [-0.05, 0) is 43.4 Å². The second-order valence-electron chi connectivity index (χ2n) is 11.6. The van der Waals surface area contributed by atoms with E-state index in [4.69, 9.17) is 5.10 Å². The molecule has 8 nitrogen and oxygen atoms in total. The van der Waals surface area contributed by atoms with Gasteiger partial charge in [-0.1, -0.05) is 25.0 Å². The van der Waals surface area contributed by atoms with Crippen molar-refractivity contribution in [3.8, 4) is 22.9 Å². The van der Waals surface area contributed by atoms with E-state index < -0.39 is 27.0 Å². The topological polar surface area (TPSA) is 109 Å². The number of nitrogens with zero attached hydrogens (tertiary/aromatic N) is 5.